The van der Waals surface area contributed by atoms with Crippen molar-refractivity contribution in [3.8, 4) is 0 Å². The Morgan fingerprint density at radius 1 is 0.690 bits per heavy atom. The SMILES string of the molecule is c1ccc(C(CNCCNCC23CC4CC(CC(C4)C2)C3)c2ccccc2)cc1. The van der Waals surface area contributed by atoms with Gasteiger partial charge in [-0.1, -0.05) is 60.7 Å². The van der Waals surface area contributed by atoms with Gasteiger partial charge in [0, 0.05) is 32.1 Å². The second kappa shape index (κ2) is 8.62. The molecule has 4 bridgehead atoms. The van der Waals surface area contributed by atoms with Crippen LogP contribution in [0.15, 0.2) is 60.7 Å². The minimum atomic E-state index is 0.417. The lowest BCUT2D eigenvalue weighted by atomic mass is 9.49. The number of benzene rings is 2. The van der Waals surface area contributed by atoms with Crippen LogP contribution in [0.3, 0.4) is 0 Å². The third-order valence-corrected chi connectivity index (χ3v) is 7.90. The molecule has 4 aliphatic rings. The maximum atomic E-state index is 3.83. The van der Waals surface area contributed by atoms with Crippen molar-refractivity contribution >= 4 is 0 Å². The van der Waals surface area contributed by atoms with E-state index in [1.807, 2.05) is 0 Å². The Bertz CT molecular complexity index is 695. The van der Waals surface area contributed by atoms with Crippen LogP contribution in [0, 0.1) is 23.2 Å². The Morgan fingerprint density at radius 3 is 1.69 bits per heavy atom. The molecule has 2 aromatic rings. The van der Waals surface area contributed by atoms with Crippen molar-refractivity contribution in [1.82, 2.24) is 10.6 Å². The highest BCUT2D eigenvalue weighted by atomic mass is 15.0. The predicted octanol–water partition coefficient (Wildman–Crippen LogP) is 5.21. The first-order chi connectivity index (χ1) is 14.3. The Hall–Kier alpha value is -1.64. The standard InChI is InChI=1S/C27H36N2/c1-3-7-24(8-4-1)26(25-9-5-2-6-10-25)19-28-11-12-29-20-27-16-21-13-22(17-27)15-23(14-21)18-27/h1-10,21-23,26,28-29H,11-20H2. The molecule has 2 nitrogen and oxygen atoms in total. The van der Waals surface area contributed by atoms with Crippen LogP contribution in [0.4, 0.5) is 0 Å². The number of hydrogen-bond donors (Lipinski definition) is 2. The molecule has 0 amide bonds. The molecule has 4 fully saturated rings. The van der Waals surface area contributed by atoms with Crippen molar-refractivity contribution in [3.63, 3.8) is 0 Å². The first-order valence-electron chi connectivity index (χ1n) is 11.8. The van der Waals surface area contributed by atoms with Crippen molar-refractivity contribution in [1.29, 1.82) is 0 Å². The molecule has 0 aromatic heterocycles. The van der Waals surface area contributed by atoms with Crippen LogP contribution in [0.5, 0.6) is 0 Å². The molecule has 0 heterocycles. The first kappa shape index (κ1) is 19.3. The Kier molecular flexibility index (Phi) is 5.74. The van der Waals surface area contributed by atoms with Gasteiger partial charge in [0.15, 0.2) is 0 Å². The van der Waals surface area contributed by atoms with E-state index < -0.39 is 0 Å². The third-order valence-electron chi connectivity index (χ3n) is 7.90. The summed E-state index contributed by atoms with van der Waals surface area (Å²) in [5, 5.41) is 7.56. The monoisotopic (exact) mass is 388 g/mol. The zero-order valence-corrected chi connectivity index (χ0v) is 17.7. The smallest absolute Gasteiger partial charge is 0.0214 e. The summed E-state index contributed by atoms with van der Waals surface area (Å²) < 4.78 is 0. The van der Waals surface area contributed by atoms with E-state index in [-0.39, 0.29) is 0 Å². The van der Waals surface area contributed by atoms with Gasteiger partial charge in [-0.15, -0.1) is 0 Å². The molecule has 2 N–H and O–H groups in total. The molecule has 4 saturated carbocycles. The number of hydrogen-bond acceptors (Lipinski definition) is 2. The molecular weight excluding hydrogens is 352 g/mol. The van der Waals surface area contributed by atoms with Crippen LogP contribution in [0.25, 0.3) is 0 Å². The summed E-state index contributed by atoms with van der Waals surface area (Å²) in [4.78, 5) is 0. The van der Waals surface area contributed by atoms with Gasteiger partial charge in [-0.3, -0.25) is 0 Å². The van der Waals surface area contributed by atoms with Gasteiger partial charge in [-0.2, -0.15) is 0 Å². The van der Waals surface area contributed by atoms with E-state index in [9.17, 15) is 0 Å². The lowest BCUT2D eigenvalue weighted by Crippen LogP contribution is -2.50. The highest BCUT2D eigenvalue weighted by Crippen LogP contribution is 2.59. The Morgan fingerprint density at radius 2 is 1.17 bits per heavy atom. The van der Waals surface area contributed by atoms with Crippen LogP contribution in [-0.4, -0.2) is 26.2 Å². The Balaban J connectivity index is 1.10. The topological polar surface area (TPSA) is 24.1 Å². The average Bonchev–Trinajstić information content (AvgIpc) is 2.73. The summed E-state index contributed by atoms with van der Waals surface area (Å²) in [5.74, 6) is 3.58. The molecule has 2 aromatic carbocycles. The fraction of sp³-hybridized carbons (Fsp3) is 0.556. The van der Waals surface area contributed by atoms with Crippen molar-refractivity contribution in [3.05, 3.63) is 71.8 Å². The highest BCUT2D eigenvalue weighted by Gasteiger charge is 2.50. The second-order valence-corrected chi connectivity index (χ2v) is 10.2. The van der Waals surface area contributed by atoms with Gasteiger partial charge in [-0.25, -0.2) is 0 Å². The van der Waals surface area contributed by atoms with Gasteiger partial charge in [0.25, 0.3) is 0 Å². The molecule has 0 atom stereocenters. The first-order valence-corrected chi connectivity index (χ1v) is 11.8. The minimum Gasteiger partial charge on any atom is -0.315 e. The molecule has 0 spiro atoms. The normalized spacial score (nSPS) is 30.2. The van der Waals surface area contributed by atoms with E-state index in [0.717, 1.165) is 37.4 Å². The van der Waals surface area contributed by atoms with Gasteiger partial charge in [0.2, 0.25) is 0 Å². The summed E-state index contributed by atoms with van der Waals surface area (Å²) in [6.07, 6.45) is 9.14. The van der Waals surface area contributed by atoms with Gasteiger partial charge in [0.05, 0.1) is 0 Å². The van der Waals surface area contributed by atoms with Crippen molar-refractivity contribution < 1.29 is 0 Å². The van der Waals surface area contributed by atoms with Gasteiger partial charge < -0.3 is 10.6 Å². The van der Waals surface area contributed by atoms with Crippen LogP contribution < -0.4 is 10.6 Å². The fourth-order valence-corrected chi connectivity index (χ4v) is 7.08. The summed E-state index contributed by atoms with van der Waals surface area (Å²) in [6.45, 7) is 4.37. The summed E-state index contributed by atoms with van der Waals surface area (Å²) in [7, 11) is 0. The molecule has 0 unspecified atom stereocenters. The van der Waals surface area contributed by atoms with Crippen LogP contribution >= 0.6 is 0 Å². The zero-order chi connectivity index (χ0) is 19.5. The van der Waals surface area contributed by atoms with Crippen LogP contribution in [0.1, 0.15) is 55.6 Å². The molecule has 6 rings (SSSR count). The van der Waals surface area contributed by atoms with E-state index in [1.165, 1.54) is 36.9 Å². The van der Waals surface area contributed by atoms with Crippen molar-refractivity contribution in [2.75, 3.05) is 26.2 Å². The summed E-state index contributed by atoms with van der Waals surface area (Å²) >= 11 is 0. The molecule has 154 valence electrons. The molecule has 0 radical (unpaired) electrons. The summed E-state index contributed by atoms with van der Waals surface area (Å²) in [5.41, 5.74) is 3.44. The number of nitrogens with one attached hydrogen (secondary N) is 2. The molecule has 0 aliphatic heterocycles. The lowest BCUT2D eigenvalue weighted by Gasteiger charge is -2.57. The largest absolute Gasteiger partial charge is 0.315 e. The lowest BCUT2D eigenvalue weighted by molar-refractivity contribution is -0.0511. The van der Waals surface area contributed by atoms with Crippen LogP contribution in [0.2, 0.25) is 0 Å². The second-order valence-electron chi connectivity index (χ2n) is 10.2. The number of rotatable bonds is 9. The summed E-state index contributed by atoms with van der Waals surface area (Å²) in [6, 6.07) is 21.8. The molecule has 2 heteroatoms. The van der Waals surface area contributed by atoms with E-state index in [4.69, 9.17) is 0 Å². The molecule has 29 heavy (non-hydrogen) atoms. The quantitative estimate of drug-likeness (QED) is 0.576. The van der Waals surface area contributed by atoms with Gasteiger partial charge >= 0.3 is 0 Å². The van der Waals surface area contributed by atoms with Gasteiger partial charge in [0.1, 0.15) is 0 Å². The average molecular weight is 389 g/mol. The minimum absolute atomic E-state index is 0.417. The maximum absolute atomic E-state index is 3.83. The van der Waals surface area contributed by atoms with E-state index >= 15 is 0 Å². The van der Waals surface area contributed by atoms with E-state index in [2.05, 4.69) is 71.3 Å². The Labute approximate surface area is 176 Å². The van der Waals surface area contributed by atoms with E-state index in [1.54, 1.807) is 19.3 Å². The molecule has 4 aliphatic carbocycles. The molecular formula is C27H36N2. The van der Waals surface area contributed by atoms with Crippen molar-refractivity contribution in [2.45, 2.75) is 44.4 Å². The fourth-order valence-electron chi connectivity index (χ4n) is 7.08. The van der Waals surface area contributed by atoms with Crippen LogP contribution in [-0.2, 0) is 0 Å². The van der Waals surface area contributed by atoms with Gasteiger partial charge in [-0.05, 0) is 72.8 Å². The molecule has 0 saturated heterocycles. The highest BCUT2D eigenvalue weighted by molar-refractivity contribution is 5.32. The predicted molar refractivity (Wildman–Crippen MR) is 121 cm³/mol. The zero-order valence-electron chi connectivity index (χ0n) is 17.7. The third kappa shape index (κ3) is 4.44. The van der Waals surface area contributed by atoms with Crippen molar-refractivity contribution in [2.24, 2.45) is 23.2 Å². The van der Waals surface area contributed by atoms with E-state index in [0.29, 0.717) is 11.3 Å². The maximum Gasteiger partial charge on any atom is 0.0214 e.